The number of carbonyl (C=O) groups excluding carboxylic acids is 2. The summed E-state index contributed by atoms with van der Waals surface area (Å²) in [5, 5.41) is 5.73. The molecule has 1 atom stereocenters. The number of benzene rings is 2. The fraction of sp³-hybridized carbons (Fsp3) is 0.364. The van der Waals surface area contributed by atoms with Crippen LogP contribution in [-0.4, -0.2) is 37.6 Å². The van der Waals surface area contributed by atoms with Crippen LogP contribution in [0.15, 0.2) is 48.5 Å². The fourth-order valence-corrected chi connectivity index (χ4v) is 2.51. The summed E-state index contributed by atoms with van der Waals surface area (Å²) in [5.74, 6) is 0.848. The molecule has 7 nitrogen and oxygen atoms in total. The van der Waals surface area contributed by atoms with E-state index in [9.17, 15) is 9.59 Å². The topological polar surface area (TPSA) is 103 Å². The predicted octanol–water partition coefficient (Wildman–Crippen LogP) is 2.82. The number of rotatable bonds is 9. The number of anilines is 1. The number of amides is 2. The molecule has 0 radical (unpaired) electrons. The van der Waals surface area contributed by atoms with Crippen molar-refractivity contribution in [3.8, 4) is 11.5 Å². The van der Waals surface area contributed by atoms with Gasteiger partial charge >= 0.3 is 0 Å². The summed E-state index contributed by atoms with van der Waals surface area (Å²) < 4.78 is 10.6. The molecular formula is C22H29N3O4. The number of ether oxygens (including phenoxy) is 2. The van der Waals surface area contributed by atoms with E-state index in [-0.39, 0.29) is 24.3 Å². The highest BCUT2D eigenvalue weighted by molar-refractivity contribution is 5.95. The van der Waals surface area contributed by atoms with E-state index in [0.29, 0.717) is 29.3 Å². The zero-order chi connectivity index (χ0) is 21.4. The molecule has 2 amide bonds. The molecule has 156 valence electrons. The number of carbonyl (C=O) groups is 2. The van der Waals surface area contributed by atoms with Crippen molar-refractivity contribution in [2.24, 2.45) is 11.7 Å². The van der Waals surface area contributed by atoms with E-state index in [0.717, 1.165) is 0 Å². The smallest absolute Gasteiger partial charge is 0.262 e. The van der Waals surface area contributed by atoms with Gasteiger partial charge in [-0.25, -0.2) is 0 Å². The molecule has 0 heterocycles. The molecule has 1 unspecified atom stereocenters. The highest BCUT2D eigenvalue weighted by Crippen LogP contribution is 2.18. The van der Waals surface area contributed by atoms with Crippen LogP contribution >= 0.6 is 0 Å². The third-order valence-electron chi connectivity index (χ3n) is 4.94. The van der Waals surface area contributed by atoms with Gasteiger partial charge in [0.25, 0.3) is 11.8 Å². The first-order valence-electron chi connectivity index (χ1n) is 9.46. The van der Waals surface area contributed by atoms with Crippen molar-refractivity contribution in [1.82, 2.24) is 5.32 Å². The molecule has 0 saturated heterocycles. The molecule has 4 N–H and O–H groups in total. The second kappa shape index (κ2) is 9.93. The van der Waals surface area contributed by atoms with Crippen molar-refractivity contribution in [1.29, 1.82) is 0 Å². The summed E-state index contributed by atoms with van der Waals surface area (Å²) in [6, 6.07) is 13.7. The van der Waals surface area contributed by atoms with Crippen LogP contribution in [0.4, 0.5) is 5.69 Å². The molecule has 0 aliphatic carbocycles. The van der Waals surface area contributed by atoms with Gasteiger partial charge in [0.05, 0.1) is 12.6 Å². The largest absolute Gasteiger partial charge is 0.497 e. The predicted molar refractivity (Wildman–Crippen MR) is 113 cm³/mol. The average molecular weight is 399 g/mol. The Morgan fingerprint density at radius 1 is 1.10 bits per heavy atom. The first-order chi connectivity index (χ1) is 13.8. The fourth-order valence-electron chi connectivity index (χ4n) is 2.51. The van der Waals surface area contributed by atoms with Crippen molar-refractivity contribution in [3.63, 3.8) is 0 Å². The molecule has 29 heavy (non-hydrogen) atoms. The van der Waals surface area contributed by atoms with Crippen LogP contribution < -0.4 is 25.8 Å². The zero-order valence-corrected chi connectivity index (χ0v) is 17.3. The standard InChI is InChI=1S/C22H29N3O4/c1-15(2)22(3,14-23)25-21(27)16-8-10-18(11-9-16)29-13-20(26)24-17-6-5-7-19(12-17)28-4/h5-12,15H,13-14,23H2,1-4H3,(H,24,26)(H,25,27). The van der Waals surface area contributed by atoms with E-state index in [1.165, 1.54) is 0 Å². The Balaban J connectivity index is 1.90. The van der Waals surface area contributed by atoms with Crippen LogP contribution in [0.2, 0.25) is 0 Å². The third kappa shape index (κ3) is 6.22. The van der Waals surface area contributed by atoms with Gasteiger partial charge in [-0.15, -0.1) is 0 Å². The van der Waals surface area contributed by atoms with E-state index < -0.39 is 5.54 Å². The lowest BCUT2D eigenvalue weighted by atomic mass is 9.88. The summed E-state index contributed by atoms with van der Waals surface area (Å²) in [6.07, 6.45) is 0. The Morgan fingerprint density at radius 2 is 1.79 bits per heavy atom. The molecule has 0 spiro atoms. The molecule has 0 saturated carbocycles. The third-order valence-corrected chi connectivity index (χ3v) is 4.94. The number of hydrogen-bond donors (Lipinski definition) is 3. The van der Waals surface area contributed by atoms with Gasteiger partial charge in [0.2, 0.25) is 0 Å². The van der Waals surface area contributed by atoms with Crippen LogP contribution in [0.5, 0.6) is 11.5 Å². The lowest BCUT2D eigenvalue weighted by Crippen LogP contribution is -2.55. The van der Waals surface area contributed by atoms with E-state index in [2.05, 4.69) is 10.6 Å². The zero-order valence-electron chi connectivity index (χ0n) is 17.3. The Hall–Kier alpha value is -3.06. The summed E-state index contributed by atoms with van der Waals surface area (Å²) >= 11 is 0. The quantitative estimate of drug-likeness (QED) is 0.602. The Morgan fingerprint density at radius 3 is 2.38 bits per heavy atom. The summed E-state index contributed by atoms with van der Waals surface area (Å²) in [7, 11) is 1.56. The Labute approximate surface area is 171 Å². The van der Waals surface area contributed by atoms with E-state index in [1.54, 1.807) is 55.6 Å². The Kier molecular flexibility index (Phi) is 7.61. The summed E-state index contributed by atoms with van der Waals surface area (Å²) in [4.78, 5) is 24.5. The van der Waals surface area contributed by atoms with Crippen LogP contribution in [0, 0.1) is 5.92 Å². The lowest BCUT2D eigenvalue weighted by Gasteiger charge is -2.33. The van der Waals surface area contributed by atoms with Crippen molar-refractivity contribution in [2.45, 2.75) is 26.3 Å². The van der Waals surface area contributed by atoms with E-state index in [4.69, 9.17) is 15.2 Å². The molecule has 7 heteroatoms. The molecule has 0 bridgehead atoms. The monoisotopic (exact) mass is 399 g/mol. The van der Waals surface area contributed by atoms with Gasteiger partial charge in [-0.3, -0.25) is 9.59 Å². The van der Waals surface area contributed by atoms with Crippen molar-refractivity contribution < 1.29 is 19.1 Å². The van der Waals surface area contributed by atoms with Crippen molar-refractivity contribution >= 4 is 17.5 Å². The normalized spacial score (nSPS) is 12.8. The molecule has 2 aromatic carbocycles. The van der Waals surface area contributed by atoms with Crippen LogP contribution in [0.1, 0.15) is 31.1 Å². The average Bonchev–Trinajstić information content (AvgIpc) is 2.72. The highest BCUT2D eigenvalue weighted by Gasteiger charge is 2.28. The second-order valence-corrected chi connectivity index (χ2v) is 7.32. The van der Waals surface area contributed by atoms with Gasteiger partial charge in [-0.2, -0.15) is 0 Å². The molecule has 0 aliphatic rings. The molecule has 2 rings (SSSR count). The number of nitrogens with two attached hydrogens (primary N) is 1. The second-order valence-electron chi connectivity index (χ2n) is 7.32. The summed E-state index contributed by atoms with van der Waals surface area (Å²) in [6.45, 7) is 6.15. The van der Waals surface area contributed by atoms with Gasteiger partial charge in [-0.1, -0.05) is 19.9 Å². The van der Waals surface area contributed by atoms with Crippen LogP contribution in [-0.2, 0) is 4.79 Å². The minimum absolute atomic E-state index is 0.151. The number of nitrogens with one attached hydrogen (secondary N) is 2. The Bertz CT molecular complexity index is 836. The highest BCUT2D eigenvalue weighted by atomic mass is 16.5. The maximum absolute atomic E-state index is 12.5. The molecular weight excluding hydrogens is 370 g/mol. The van der Waals surface area contributed by atoms with Gasteiger partial charge in [0, 0.05) is 23.9 Å². The SMILES string of the molecule is COc1cccc(NC(=O)COc2ccc(C(=O)NC(C)(CN)C(C)C)cc2)c1. The number of hydrogen-bond acceptors (Lipinski definition) is 5. The first kappa shape index (κ1) is 22.2. The van der Waals surface area contributed by atoms with Gasteiger partial charge in [0.15, 0.2) is 6.61 Å². The molecule has 0 aliphatic heterocycles. The van der Waals surface area contributed by atoms with Crippen LogP contribution in [0.25, 0.3) is 0 Å². The van der Waals surface area contributed by atoms with E-state index >= 15 is 0 Å². The van der Waals surface area contributed by atoms with Gasteiger partial charge in [0.1, 0.15) is 11.5 Å². The van der Waals surface area contributed by atoms with Crippen molar-refractivity contribution in [3.05, 3.63) is 54.1 Å². The summed E-state index contributed by atoms with van der Waals surface area (Å²) in [5.41, 5.74) is 6.46. The first-order valence-corrected chi connectivity index (χ1v) is 9.46. The van der Waals surface area contributed by atoms with Gasteiger partial charge < -0.3 is 25.8 Å². The molecule has 0 aromatic heterocycles. The molecule has 2 aromatic rings. The van der Waals surface area contributed by atoms with Crippen LogP contribution in [0.3, 0.4) is 0 Å². The maximum atomic E-state index is 12.5. The minimum Gasteiger partial charge on any atom is -0.497 e. The van der Waals surface area contributed by atoms with Crippen molar-refractivity contribution in [2.75, 3.05) is 25.6 Å². The maximum Gasteiger partial charge on any atom is 0.262 e. The van der Waals surface area contributed by atoms with Gasteiger partial charge in [-0.05, 0) is 49.2 Å². The number of methoxy groups -OCH3 is 1. The van der Waals surface area contributed by atoms with E-state index in [1.807, 2.05) is 20.8 Å². The lowest BCUT2D eigenvalue weighted by molar-refractivity contribution is -0.118. The molecule has 0 fully saturated rings. The minimum atomic E-state index is -0.482.